The molecule has 0 atom stereocenters. The number of ketones is 2. The van der Waals surface area contributed by atoms with Crippen LogP contribution in [0.5, 0.6) is 0 Å². The quantitative estimate of drug-likeness (QED) is 0.936. The van der Waals surface area contributed by atoms with Crippen LogP contribution in [0.4, 0.5) is 0 Å². The lowest BCUT2D eigenvalue weighted by atomic mass is 9.92. The average Bonchev–Trinajstić information content (AvgIpc) is 2.57. The summed E-state index contributed by atoms with van der Waals surface area (Å²) in [5.41, 5.74) is 1.36. The normalized spacial score (nSPS) is 14.0. The van der Waals surface area contributed by atoms with Crippen LogP contribution in [0.3, 0.4) is 0 Å². The monoisotopic (exact) mass is 309 g/mol. The molecule has 0 saturated carbocycles. The van der Waals surface area contributed by atoms with E-state index in [1.165, 1.54) is 11.8 Å². The molecule has 0 amide bonds. The maximum atomic E-state index is 12.8. The highest BCUT2D eigenvalue weighted by Crippen LogP contribution is 2.35. The van der Waals surface area contributed by atoms with Gasteiger partial charge in [0.2, 0.25) is 11.6 Å². The Morgan fingerprint density at radius 3 is 2.09 bits per heavy atom. The Labute approximate surface area is 133 Å². The summed E-state index contributed by atoms with van der Waals surface area (Å²) in [4.78, 5) is 26.9. The SMILES string of the molecule is CCNC1=C(Sc2ccccc2)C(=O)c2ccccc2C1=O. The summed E-state index contributed by atoms with van der Waals surface area (Å²) in [6.07, 6.45) is 0. The highest BCUT2D eigenvalue weighted by atomic mass is 32.2. The van der Waals surface area contributed by atoms with Gasteiger partial charge in [0.05, 0.1) is 4.91 Å². The molecule has 3 rings (SSSR count). The summed E-state index contributed by atoms with van der Waals surface area (Å²) < 4.78 is 0. The van der Waals surface area contributed by atoms with Crippen molar-refractivity contribution in [2.75, 3.05) is 6.54 Å². The Morgan fingerprint density at radius 2 is 1.45 bits per heavy atom. The Bertz CT molecular complexity index is 766. The van der Waals surface area contributed by atoms with Gasteiger partial charge in [-0.2, -0.15) is 0 Å². The Balaban J connectivity index is 2.09. The number of nitrogens with one attached hydrogen (secondary N) is 1. The molecule has 0 fully saturated rings. The number of hydrogen-bond acceptors (Lipinski definition) is 4. The van der Waals surface area contributed by atoms with Crippen molar-refractivity contribution in [1.82, 2.24) is 5.32 Å². The molecule has 0 unspecified atom stereocenters. The minimum Gasteiger partial charge on any atom is -0.381 e. The van der Waals surface area contributed by atoms with Gasteiger partial charge in [0.1, 0.15) is 5.70 Å². The van der Waals surface area contributed by atoms with E-state index in [-0.39, 0.29) is 11.6 Å². The second-order valence-electron chi connectivity index (χ2n) is 4.85. The lowest BCUT2D eigenvalue weighted by Gasteiger charge is -2.21. The lowest BCUT2D eigenvalue weighted by molar-refractivity contribution is 0.0975. The summed E-state index contributed by atoms with van der Waals surface area (Å²) in [7, 11) is 0. The van der Waals surface area contributed by atoms with Crippen molar-refractivity contribution >= 4 is 23.3 Å². The number of hydrogen-bond donors (Lipinski definition) is 1. The van der Waals surface area contributed by atoms with E-state index < -0.39 is 0 Å². The first kappa shape index (κ1) is 14.6. The van der Waals surface area contributed by atoms with Crippen LogP contribution in [0, 0.1) is 0 Å². The molecule has 1 N–H and O–H groups in total. The molecule has 0 radical (unpaired) electrons. The summed E-state index contributed by atoms with van der Waals surface area (Å²) in [6, 6.07) is 16.6. The molecule has 110 valence electrons. The van der Waals surface area contributed by atoms with Crippen LogP contribution >= 0.6 is 11.8 Å². The van der Waals surface area contributed by atoms with Crippen LogP contribution in [0.15, 0.2) is 70.1 Å². The van der Waals surface area contributed by atoms with Crippen molar-refractivity contribution in [3.63, 3.8) is 0 Å². The molecule has 0 aliphatic heterocycles. The fourth-order valence-electron chi connectivity index (χ4n) is 2.39. The van der Waals surface area contributed by atoms with Gasteiger partial charge in [-0.3, -0.25) is 9.59 Å². The van der Waals surface area contributed by atoms with Crippen molar-refractivity contribution in [3.05, 3.63) is 76.3 Å². The molecule has 0 aromatic heterocycles. The van der Waals surface area contributed by atoms with Crippen LogP contribution in [-0.4, -0.2) is 18.1 Å². The number of carbonyl (C=O) groups excluding carboxylic acids is 2. The zero-order valence-electron chi connectivity index (χ0n) is 12.1. The molecule has 0 spiro atoms. The van der Waals surface area contributed by atoms with E-state index >= 15 is 0 Å². The Morgan fingerprint density at radius 1 is 0.864 bits per heavy atom. The maximum Gasteiger partial charge on any atom is 0.210 e. The number of rotatable bonds is 4. The van der Waals surface area contributed by atoms with Gasteiger partial charge in [-0.05, 0) is 19.1 Å². The van der Waals surface area contributed by atoms with Crippen molar-refractivity contribution in [1.29, 1.82) is 0 Å². The van der Waals surface area contributed by atoms with Crippen molar-refractivity contribution in [3.8, 4) is 0 Å². The smallest absolute Gasteiger partial charge is 0.210 e. The van der Waals surface area contributed by atoms with Gasteiger partial charge in [0.15, 0.2) is 0 Å². The third-order valence-corrected chi connectivity index (χ3v) is 4.49. The summed E-state index contributed by atoms with van der Waals surface area (Å²) in [5.74, 6) is -0.213. The first-order valence-corrected chi connectivity index (χ1v) is 7.93. The van der Waals surface area contributed by atoms with Crippen LogP contribution in [-0.2, 0) is 0 Å². The molecule has 4 heteroatoms. The van der Waals surface area contributed by atoms with E-state index in [4.69, 9.17) is 0 Å². The zero-order valence-corrected chi connectivity index (χ0v) is 12.9. The van der Waals surface area contributed by atoms with E-state index in [1.807, 2.05) is 37.3 Å². The minimum absolute atomic E-state index is 0.0972. The van der Waals surface area contributed by atoms with Gasteiger partial charge in [-0.15, -0.1) is 0 Å². The number of carbonyl (C=O) groups is 2. The average molecular weight is 309 g/mol. The molecular formula is C18H15NO2S. The zero-order chi connectivity index (χ0) is 15.5. The molecule has 3 nitrogen and oxygen atoms in total. The molecule has 1 aliphatic rings. The van der Waals surface area contributed by atoms with E-state index in [1.54, 1.807) is 24.3 Å². The topological polar surface area (TPSA) is 46.2 Å². The van der Waals surface area contributed by atoms with Crippen molar-refractivity contribution in [2.45, 2.75) is 11.8 Å². The predicted octanol–water partition coefficient (Wildman–Crippen LogP) is 3.68. The van der Waals surface area contributed by atoms with E-state index in [9.17, 15) is 9.59 Å². The van der Waals surface area contributed by atoms with Gasteiger partial charge in [-0.25, -0.2) is 0 Å². The second-order valence-corrected chi connectivity index (χ2v) is 5.94. The van der Waals surface area contributed by atoms with Gasteiger partial charge in [0, 0.05) is 22.6 Å². The van der Waals surface area contributed by atoms with Gasteiger partial charge >= 0.3 is 0 Å². The third-order valence-electron chi connectivity index (χ3n) is 3.39. The summed E-state index contributed by atoms with van der Waals surface area (Å²) in [5, 5.41) is 3.06. The first-order chi connectivity index (χ1) is 10.7. The number of likely N-dealkylation sites (N-methyl/N-ethyl adjacent to an activating group) is 1. The molecule has 2 aromatic carbocycles. The van der Waals surface area contributed by atoms with Crippen LogP contribution in [0.1, 0.15) is 27.6 Å². The number of Topliss-reactive ketones (excluding diaryl/α,β-unsaturated/α-hetero) is 2. The second kappa shape index (κ2) is 6.20. The standard InChI is InChI=1S/C18H15NO2S/c1-2-19-15-16(20)13-10-6-7-11-14(13)17(21)18(15)22-12-8-4-3-5-9-12/h3-11,19H,2H2,1H3. The number of thioether (sulfide) groups is 1. The molecule has 0 heterocycles. The molecule has 0 bridgehead atoms. The maximum absolute atomic E-state index is 12.8. The van der Waals surface area contributed by atoms with E-state index in [2.05, 4.69) is 5.32 Å². The lowest BCUT2D eigenvalue weighted by Crippen LogP contribution is -2.29. The summed E-state index contributed by atoms with van der Waals surface area (Å²) >= 11 is 1.33. The Hall–Kier alpha value is -2.33. The number of allylic oxidation sites excluding steroid dienone is 2. The first-order valence-electron chi connectivity index (χ1n) is 7.12. The highest BCUT2D eigenvalue weighted by molar-refractivity contribution is 8.04. The predicted molar refractivity (Wildman–Crippen MR) is 88.1 cm³/mol. The van der Waals surface area contributed by atoms with Crippen LogP contribution < -0.4 is 5.32 Å². The number of fused-ring (bicyclic) bond motifs is 1. The van der Waals surface area contributed by atoms with Crippen molar-refractivity contribution < 1.29 is 9.59 Å². The summed E-state index contributed by atoms with van der Waals surface area (Å²) in [6.45, 7) is 2.51. The van der Waals surface area contributed by atoms with E-state index in [0.29, 0.717) is 28.3 Å². The van der Waals surface area contributed by atoms with Gasteiger partial charge < -0.3 is 5.32 Å². The largest absolute Gasteiger partial charge is 0.381 e. The fraction of sp³-hybridized carbons (Fsp3) is 0.111. The minimum atomic E-state index is -0.115. The molecule has 22 heavy (non-hydrogen) atoms. The molecule has 1 aliphatic carbocycles. The molecule has 0 saturated heterocycles. The van der Waals surface area contributed by atoms with Crippen LogP contribution in [0.25, 0.3) is 0 Å². The molecular weight excluding hydrogens is 294 g/mol. The third kappa shape index (κ3) is 2.57. The highest BCUT2D eigenvalue weighted by Gasteiger charge is 2.32. The molecule has 2 aromatic rings. The van der Waals surface area contributed by atoms with Crippen LogP contribution in [0.2, 0.25) is 0 Å². The Kier molecular flexibility index (Phi) is 4.11. The van der Waals surface area contributed by atoms with Gasteiger partial charge in [-0.1, -0.05) is 54.2 Å². The fourth-order valence-corrected chi connectivity index (χ4v) is 3.39. The number of benzene rings is 2. The van der Waals surface area contributed by atoms with Gasteiger partial charge in [0.25, 0.3) is 0 Å². The van der Waals surface area contributed by atoms with E-state index in [0.717, 1.165) is 4.90 Å². The van der Waals surface area contributed by atoms with Crippen molar-refractivity contribution in [2.24, 2.45) is 0 Å².